The van der Waals surface area contributed by atoms with Gasteiger partial charge in [-0.25, -0.2) is 4.98 Å². The first kappa shape index (κ1) is 18.2. The van der Waals surface area contributed by atoms with Crippen molar-refractivity contribution in [3.05, 3.63) is 57.2 Å². The molecule has 24 heavy (non-hydrogen) atoms. The number of carbonyl (C=O) groups is 1. The summed E-state index contributed by atoms with van der Waals surface area (Å²) < 4.78 is 5.79. The predicted octanol–water partition coefficient (Wildman–Crippen LogP) is 2.95. The zero-order valence-electron chi connectivity index (χ0n) is 12.8. The maximum absolute atomic E-state index is 11.2. The zero-order valence-corrected chi connectivity index (χ0v) is 15.1. The first-order valence-electron chi connectivity index (χ1n) is 6.93. The van der Waals surface area contributed by atoms with Crippen molar-refractivity contribution in [3.8, 4) is 5.88 Å². The molecule has 126 valence electrons. The van der Waals surface area contributed by atoms with Crippen LogP contribution in [-0.2, 0) is 16.1 Å². The summed E-state index contributed by atoms with van der Waals surface area (Å²) in [5.41, 5.74) is 7.12. The Morgan fingerprint density at radius 1 is 1.38 bits per heavy atom. The highest BCUT2D eigenvalue weighted by atomic mass is 79.9. The monoisotopic (exact) mass is 411 g/mol. The summed E-state index contributed by atoms with van der Waals surface area (Å²) >= 11 is 9.13. The second kappa shape index (κ2) is 8.65. The second-order valence-corrected chi connectivity index (χ2v) is 6.07. The summed E-state index contributed by atoms with van der Waals surface area (Å²) in [7, 11) is 1.50. The molecule has 8 heteroatoms. The van der Waals surface area contributed by atoms with E-state index in [1.807, 2.05) is 12.1 Å². The number of benzene rings is 1. The van der Waals surface area contributed by atoms with Gasteiger partial charge in [-0.05, 0) is 45.8 Å². The average Bonchev–Trinajstić information content (AvgIpc) is 2.60. The lowest BCUT2D eigenvalue weighted by atomic mass is 10.1. The molecule has 1 aromatic carbocycles. The maximum atomic E-state index is 11.2. The van der Waals surface area contributed by atoms with Crippen LogP contribution in [0.1, 0.15) is 11.3 Å². The third-order valence-corrected chi connectivity index (χ3v) is 3.91. The van der Waals surface area contributed by atoms with Crippen molar-refractivity contribution in [2.75, 3.05) is 7.11 Å². The molecule has 0 bridgehead atoms. The molecule has 0 saturated carbocycles. The average molecular weight is 413 g/mol. The molecule has 2 N–H and O–H groups in total. The summed E-state index contributed by atoms with van der Waals surface area (Å²) in [5.74, 6) is 0.419. The van der Waals surface area contributed by atoms with Gasteiger partial charge in [0.1, 0.15) is 5.69 Å². The molecule has 1 atom stereocenters. The zero-order chi connectivity index (χ0) is 17.5. The first-order valence-corrected chi connectivity index (χ1v) is 8.10. The van der Waals surface area contributed by atoms with Crippen LogP contribution in [0.15, 0.2) is 46.0 Å². The van der Waals surface area contributed by atoms with Crippen molar-refractivity contribution in [1.82, 2.24) is 4.98 Å². The minimum absolute atomic E-state index is 0.0451. The topological polar surface area (TPSA) is 86.8 Å². The van der Waals surface area contributed by atoms with Crippen LogP contribution in [0.4, 0.5) is 0 Å². The summed E-state index contributed by atoms with van der Waals surface area (Å²) in [4.78, 5) is 20.6. The van der Waals surface area contributed by atoms with Crippen LogP contribution in [0.3, 0.4) is 0 Å². The third kappa shape index (κ3) is 4.94. The van der Waals surface area contributed by atoms with Gasteiger partial charge in [0, 0.05) is 11.4 Å². The van der Waals surface area contributed by atoms with E-state index in [1.54, 1.807) is 24.3 Å². The Labute approximate surface area is 152 Å². The molecule has 6 nitrogen and oxygen atoms in total. The van der Waals surface area contributed by atoms with Gasteiger partial charge < -0.3 is 15.3 Å². The molecule has 1 aromatic heterocycles. The molecule has 0 fully saturated rings. The molecule has 1 unspecified atom stereocenters. The van der Waals surface area contributed by atoms with Crippen molar-refractivity contribution in [1.29, 1.82) is 0 Å². The second-order valence-electron chi connectivity index (χ2n) is 4.77. The van der Waals surface area contributed by atoms with E-state index in [9.17, 15) is 4.79 Å². The minimum Gasteiger partial charge on any atom is -0.480 e. The minimum atomic E-state index is -0.762. The van der Waals surface area contributed by atoms with Crippen LogP contribution in [0.5, 0.6) is 5.88 Å². The number of hydrogen-bond donors (Lipinski definition) is 1. The molecule has 0 amide bonds. The van der Waals surface area contributed by atoms with Crippen molar-refractivity contribution in [2.45, 2.75) is 12.5 Å². The van der Waals surface area contributed by atoms with Crippen molar-refractivity contribution in [3.63, 3.8) is 0 Å². The SMILES string of the molecule is COc1nc(C(N)=NOC(C=O)Cc2ccc(Cl)cc2)ccc1Br. The van der Waals surface area contributed by atoms with Crippen LogP contribution in [0, 0.1) is 0 Å². The van der Waals surface area contributed by atoms with Gasteiger partial charge in [0.2, 0.25) is 5.88 Å². The molecule has 0 radical (unpaired) electrons. The number of nitrogens with zero attached hydrogens (tertiary/aromatic N) is 2. The fourth-order valence-corrected chi connectivity index (χ4v) is 2.35. The number of hydrogen-bond acceptors (Lipinski definition) is 5. The van der Waals surface area contributed by atoms with Crippen LogP contribution in [0.25, 0.3) is 0 Å². The van der Waals surface area contributed by atoms with E-state index in [-0.39, 0.29) is 5.84 Å². The number of ether oxygens (including phenoxy) is 1. The summed E-state index contributed by atoms with van der Waals surface area (Å²) in [6.07, 6.45) is 0.261. The van der Waals surface area contributed by atoms with E-state index < -0.39 is 6.10 Å². The summed E-state index contributed by atoms with van der Waals surface area (Å²) in [6, 6.07) is 10.5. The quantitative estimate of drug-likeness (QED) is 0.327. The smallest absolute Gasteiger partial charge is 0.228 e. The molecule has 0 aliphatic carbocycles. The van der Waals surface area contributed by atoms with Crippen molar-refractivity contribution in [2.24, 2.45) is 10.9 Å². The fraction of sp³-hybridized carbons (Fsp3) is 0.188. The highest BCUT2D eigenvalue weighted by Gasteiger charge is 2.12. The number of pyridine rings is 1. The summed E-state index contributed by atoms with van der Waals surface area (Å²) in [5, 5.41) is 4.41. The Balaban J connectivity index is 2.06. The Morgan fingerprint density at radius 2 is 2.08 bits per heavy atom. The Bertz CT molecular complexity index is 738. The van der Waals surface area contributed by atoms with E-state index in [1.165, 1.54) is 7.11 Å². The van der Waals surface area contributed by atoms with Crippen LogP contribution in [-0.4, -0.2) is 30.3 Å². The number of halogens is 2. The van der Waals surface area contributed by atoms with Gasteiger partial charge in [-0.3, -0.25) is 4.79 Å². The third-order valence-electron chi connectivity index (χ3n) is 3.06. The lowest BCUT2D eigenvalue weighted by Crippen LogP contribution is -2.20. The van der Waals surface area contributed by atoms with E-state index in [0.29, 0.717) is 33.8 Å². The number of carbonyl (C=O) groups excluding carboxylic acids is 1. The Morgan fingerprint density at radius 3 is 2.71 bits per heavy atom. The van der Waals surface area contributed by atoms with E-state index in [4.69, 9.17) is 26.9 Å². The number of methoxy groups -OCH3 is 1. The van der Waals surface area contributed by atoms with Gasteiger partial charge in [-0.1, -0.05) is 28.9 Å². The highest BCUT2D eigenvalue weighted by Crippen LogP contribution is 2.21. The molecule has 0 aliphatic heterocycles. The number of amidine groups is 1. The van der Waals surface area contributed by atoms with Gasteiger partial charge >= 0.3 is 0 Å². The van der Waals surface area contributed by atoms with Gasteiger partial charge in [0.05, 0.1) is 11.6 Å². The van der Waals surface area contributed by atoms with E-state index >= 15 is 0 Å². The first-order chi connectivity index (χ1) is 11.5. The molecule has 0 spiro atoms. The molecule has 0 aliphatic rings. The van der Waals surface area contributed by atoms with Crippen molar-refractivity contribution >= 4 is 39.7 Å². The molecule has 2 aromatic rings. The van der Waals surface area contributed by atoms with Gasteiger partial charge in [0.25, 0.3) is 0 Å². The van der Waals surface area contributed by atoms with Gasteiger partial charge in [-0.2, -0.15) is 0 Å². The molecular formula is C16H15BrClN3O3. The summed E-state index contributed by atoms with van der Waals surface area (Å²) in [6.45, 7) is 0. The van der Waals surface area contributed by atoms with E-state index in [2.05, 4.69) is 26.1 Å². The van der Waals surface area contributed by atoms with Gasteiger partial charge in [-0.15, -0.1) is 0 Å². The number of aromatic nitrogens is 1. The number of nitrogens with two attached hydrogens (primary N) is 1. The highest BCUT2D eigenvalue weighted by molar-refractivity contribution is 9.10. The normalized spacial score (nSPS) is 12.5. The number of aldehydes is 1. The Kier molecular flexibility index (Phi) is 6.57. The van der Waals surface area contributed by atoms with Crippen LogP contribution in [0.2, 0.25) is 5.02 Å². The number of oxime groups is 1. The van der Waals surface area contributed by atoms with Crippen LogP contribution < -0.4 is 10.5 Å². The molecular weight excluding hydrogens is 398 g/mol. The number of rotatable bonds is 7. The fourth-order valence-electron chi connectivity index (χ4n) is 1.84. The molecule has 1 heterocycles. The predicted molar refractivity (Wildman–Crippen MR) is 95.3 cm³/mol. The molecule has 2 rings (SSSR count). The Hall–Kier alpha value is -2.12. The standard InChI is InChI=1S/C16H15BrClN3O3/c1-23-16-13(17)6-7-14(20-16)15(19)21-24-12(9-22)8-10-2-4-11(18)5-3-10/h2-7,9,12H,8H2,1H3,(H2,19,21). The molecule has 0 saturated heterocycles. The van der Waals surface area contributed by atoms with Crippen LogP contribution >= 0.6 is 27.5 Å². The van der Waals surface area contributed by atoms with Crippen molar-refractivity contribution < 1.29 is 14.4 Å². The maximum Gasteiger partial charge on any atom is 0.228 e. The lowest BCUT2D eigenvalue weighted by Gasteiger charge is -2.10. The van der Waals surface area contributed by atoms with Gasteiger partial charge in [0.15, 0.2) is 18.2 Å². The largest absolute Gasteiger partial charge is 0.480 e. The van der Waals surface area contributed by atoms with E-state index in [0.717, 1.165) is 5.56 Å². The lowest BCUT2D eigenvalue weighted by molar-refractivity contribution is -0.117.